The molecule has 1 atom stereocenters. The molecule has 0 spiro atoms. The third kappa shape index (κ3) is 3.80. The van der Waals surface area contributed by atoms with Gasteiger partial charge in [0.2, 0.25) is 5.69 Å². The predicted molar refractivity (Wildman–Crippen MR) is 169 cm³/mol. The minimum atomic E-state index is -0.118. The molecule has 0 saturated carbocycles. The summed E-state index contributed by atoms with van der Waals surface area (Å²) in [5.74, 6) is 0. The molecule has 0 fully saturated rings. The van der Waals surface area contributed by atoms with Crippen molar-refractivity contribution in [3.63, 3.8) is 0 Å². The van der Waals surface area contributed by atoms with E-state index in [2.05, 4.69) is 155 Å². The molecule has 0 N–H and O–H groups in total. The second kappa shape index (κ2) is 9.09. The molecule has 196 valence electrons. The molecule has 39 heavy (non-hydrogen) atoms. The minimum absolute atomic E-state index is 0.0912. The van der Waals surface area contributed by atoms with Crippen molar-refractivity contribution in [2.75, 3.05) is 19.0 Å². The molecule has 0 radical (unpaired) electrons. The van der Waals surface area contributed by atoms with Crippen molar-refractivity contribution in [2.45, 2.75) is 51.9 Å². The van der Waals surface area contributed by atoms with Gasteiger partial charge in [-0.1, -0.05) is 86.2 Å². The first-order valence-electron chi connectivity index (χ1n) is 14.1. The van der Waals surface area contributed by atoms with Crippen molar-refractivity contribution in [3.05, 3.63) is 119 Å². The fourth-order valence-corrected chi connectivity index (χ4v) is 7.08. The summed E-state index contributed by atoms with van der Waals surface area (Å²) in [6.45, 7) is 11.5. The highest BCUT2D eigenvalue weighted by Gasteiger charge is 2.47. The lowest BCUT2D eigenvalue weighted by molar-refractivity contribution is -0.401. The average molecular weight is 512 g/mol. The summed E-state index contributed by atoms with van der Waals surface area (Å²) in [6, 6.07) is 26.7. The normalized spacial score (nSPS) is 20.9. The van der Waals surface area contributed by atoms with Gasteiger partial charge in [-0.15, -0.1) is 0 Å². The van der Waals surface area contributed by atoms with E-state index in [1.54, 1.807) is 0 Å². The highest BCUT2D eigenvalue weighted by molar-refractivity contribution is 6.08. The third-order valence-corrected chi connectivity index (χ3v) is 9.07. The zero-order chi connectivity index (χ0) is 27.5. The monoisotopic (exact) mass is 511 g/mol. The number of rotatable bonds is 4. The topological polar surface area (TPSA) is 6.25 Å². The standard InChI is InChI=1S/C37H39N2/c1-25(2)23-24-37(5)33(39(7)31-22-20-27-14-9-11-16-29(27)35(31)37)18-12-17-32-36(3,4)34-28-15-10-8-13-26(28)19-21-30(34)38(32)6/h8-23H,24H2,1-7H3/q+1. The minimum Gasteiger partial charge on any atom is -0.347 e. The molecule has 2 nitrogen and oxygen atoms in total. The largest absolute Gasteiger partial charge is 0.347 e. The first kappa shape index (κ1) is 25.4. The van der Waals surface area contributed by atoms with E-state index in [0.29, 0.717) is 0 Å². The average Bonchev–Trinajstić information content (AvgIpc) is 3.27. The van der Waals surface area contributed by atoms with Crippen molar-refractivity contribution >= 4 is 38.6 Å². The summed E-state index contributed by atoms with van der Waals surface area (Å²) >= 11 is 0. The van der Waals surface area contributed by atoms with E-state index >= 15 is 0 Å². The zero-order valence-corrected chi connectivity index (χ0v) is 24.3. The molecular formula is C37H39N2+. The third-order valence-electron chi connectivity index (χ3n) is 9.07. The van der Waals surface area contributed by atoms with Crippen molar-refractivity contribution < 1.29 is 4.58 Å². The molecule has 0 aromatic heterocycles. The molecule has 2 aliphatic heterocycles. The van der Waals surface area contributed by atoms with Crippen LogP contribution in [0.1, 0.15) is 52.2 Å². The van der Waals surface area contributed by atoms with Crippen molar-refractivity contribution in [1.82, 2.24) is 0 Å². The number of anilines is 1. The Morgan fingerprint density at radius 3 is 2.10 bits per heavy atom. The van der Waals surface area contributed by atoms with Crippen LogP contribution in [0.5, 0.6) is 0 Å². The lowest BCUT2D eigenvalue weighted by Crippen LogP contribution is -2.30. The van der Waals surface area contributed by atoms with Gasteiger partial charge in [-0.05, 0) is 72.5 Å². The Morgan fingerprint density at radius 1 is 0.821 bits per heavy atom. The van der Waals surface area contributed by atoms with Crippen molar-refractivity contribution in [2.24, 2.45) is 0 Å². The van der Waals surface area contributed by atoms with Crippen LogP contribution in [0.15, 0.2) is 108 Å². The lowest BCUT2D eigenvalue weighted by Gasteiger charge is -2.24. The van der Waals surface area contributed by atoms with E-state index in [1.807, 2.05) is 0 Å². The van der Waals surface area contributed by atoms with E-state index in [9.17, 15) is 0 Å². The van der Waals surface area contributed by atoms with Gasteiger partial charge in [0.1, 0.15) is 7.05 Å². The predicted octanol–water partition coefficient (Wildman–Crippen LogP) is 9.20. The second-order valence-electron chi connectivity index (χ2n) is 12.2. The Morgan fingerprint density at radius 2 is 1.44 bits per heavy atom. The molecule has 4 aromatic carbocycles. The lowest BCUT2D eigenvalue weighted by atomic mass is 9.74. The van der Waals surface area contributed by atoms with Crippen LogP contribution in [0.2, 0.25) is 0 Å². The van der Waals surface area contributed by atoms with Crippen molar-refractivity contribution in [3.8, 4) is 0 Å². The van der Waals surface area contributed by atoms with Crippen LogP contribution < -0.4 is 4.90 Å². The molecule has 2 heteroatoms. The van der Waals surface area contributed by atoms with Crippen LogP contribution in [-0.2, 0) is 10.8 Å². The van der Waals surface area contributed by atoms with Gasteiger partial charge in [0.05, 0.1) is 5.41 Å². The molecule has 6 rings (SSSR count). The Hall–Kier alpha value is -3.91. The Bertz CT molecular complexity index is 1760. The van der Waals surface area contributed by atoms with E-state index in [0.717, 1.165) is 6.42 Å². The van der Waals surface area contributed by atoms with Gasteiger partial charge in [-0.25, -0.2) is 0 Å². The SMILES string of the molecule is CC(C)=CCC1(C)C(/C=C/C=C2/N(C)c3ccc4ccccc4c3C2(C)C)=[N+](C)c2ccc3ccccc3c21. The quantitative estimate of drug-likeness (QED) is 0.195. The Balaban J connectivity index is 1.45. The van der Waals surface area contributed by atoms with Crippen LogP contribution in [0.3, 0.4) is 0 Å². The molecule has 1 unspecified atom stereocenters. The fraction of sp³-hybridized carbons (Fsp3) is 0.270. The maximum Gasteiger partial charge on any atom is 0.210 e. The molecule has 2 aliphatic rings. The van der Waals surface area contributed by atoms with Crippen LogP contribution in [0.25, 0.3) is 21.5 Å². The zero-order valence-electron chi connectivity index (χ0n) is 24.3. The highest BCUT2D eigenvalue weighted by atomic mass is 15.2. The van der Waals surface area contributed by atoms with Gasteiger partial charge < -0.3 is 4.90 Å². The number of benzene rings is 4. The first-order chi connectivity index (χ1) is 18.6. The van der Waals surface area contributed by atoms with E-state index in [-0.39, 0.29) is 10.8 Å². The maximum atomic E-state index is 2.42. The summed E-state index contributed by atoms with van der Waals surface area (Å²) in [7, 11) is 4.43. The Labute approximate surface area is 233 Å². The van der Waals surface area contributed by atoms with Crippen LogP contribution in [-0.4, -0.2) is 24.4 Å². The number of allylic oxidation sites excluding steroid dienone is 6. The molecule has 2 heterocycles. The van der Waals surface area contributed by atoms with Gasteiger partial charge >= 0.3 is 0 Å². The first-order valence-corrected chi connectivity index (χ1v) is 14.1. The number of nitrogens with zero attached hydrogens (tertiary/aromatic N) is 2. The summed E-state index contributed by atoms with van der Waals surface area (Å²) in [5, 5.41) is 5.31. The maximum absolute atomic E-state index is 2.42. The van der Waals surface area contributed by atoms with Gasteiger partial charge in [-0.2, -0.15) is 4.58 Å². The highest BCUT2D eigenvalue weighted by Crippen LogP contribution is 2.50. The van der Waals surface area contributed by atoms with Gasteiger partial charge in [-0.3, -0.25) is 0 Å². The molecule has 0 saturated heterocycles. The van der Waals surface area contributed by atoms with Crippen LogP contribution in [0, 0.1) is 0 Å². The molecule has 4 aromatic rings. The molecule has 0 bridgehead atoms. The van der Waals surface area contributed by atoms with Crippen molar-refractivity contribution in [1.29, 1.82) is 0 Å². The van der Waals surface area contributed by atoms with Gasteiger partial charge in [0, 0.05) is 41.6 Å². The number of fused-ring (bicyclic) bond motifs is 6. The smallest absolute Gasteiger partial charge is 0.210 e. The second-order valence-corrected chi connectivity index (χ2v) is 12.2. The van der Waals surface area contributed by atoms with Gasteiger partial charge in [0.15, 0.2) is 5.71 Å². The molecular weight excluding hydrogens is 472 g/mol. The summed E-state index contributed by atoms with van der Waals surface area (Å²) in [6.07, 6.45) is 10.3. The Kier molecular flexibility index (Phi) is 5.91. The number of likely N-dealkylation sites (N-methyl/N-ethyl adjacent to an activating group) is 1. The molecule has 0 amide bonds. The summed E-state index contributed by atoms with van der Waals surface area (Å²) in [4.78, 5) is 2.37. The van der Waals surface area contributed by atoms with Crippen LogP contribution >= 0.6 is 0 Å². The van der Waals surface area contributed by atoms with Crippen LogP contribution in [0.4, 0.5) is 11.4 Å². The van der Waals surface area contributed by atoms with E-state index in [4.69, 9.17) is 0 Å². The summed E-state index contributed by atoms with van der Waals surface area (Å²) in [5.41, 5.74) is 9.27. The number of hydrogen-bond acceptors (Lipinski definition) is 1. The number of hydrogen-bond donors (Lipinski definition) is 0. The van der Waals surface area contributed by atoms with Gasteiger partial charge in [0.25, 0.3) is 0 Å². The summed E-state index contributed by atoms with van der Waals surface area (Å²) < 4.78 is 2.40. The van der Waals surface area contributed by atoms with E-state index < -0.39 is 0 Å². The molecule has 0 aliphatic carbocycles. The van der Waals surface area contributed by atoms with E-state index in [1.165, 1.54) is 61.0 Å². The fourth-order valence-electron chi connectivity index (χ4n) is 7.08.